The molecule has 2 heterocycles. The zero-order valence-corrected chi connectivity index (χ0v) is 14.4. The van der Waals surface area contributed by atoms with Crippen molar-refractivity contribution in [2.45, 2.75) is 32.1 Å². The molecule has 128 valence electrons. The maximum Gasteiger partial charge on any atom is 0.252 e. The quantitative estimate of drug-likeness (QED) is 0.751. The number of piperidine rings is 1. The molecule has 0 spiro atoms. The third kappa shape index (κ3) is 4.16. The van der Waals surface area contributed by atoms with Crippen LogP contribution >= 0.6 is 11.6 Å². The number of H-pyrrole nitrogens is 1. The lowest BCUT2D eigenvalue weighted by Crippen LogP contribution is -2.28. The highest BCUT2D eigenvalue weighted by Gasteiger charge is 2.20. The first kappa shape index (κ1) is 17.0. The molecule has 5 nitrogen and oxygen atoms in total. The summed E-state index contributed by atoms with van der Waals surface area (Å²) in [6.07, 6.45) is 4.77. The molecule has 1 fully saturated rings. The summed E-state index contributed by atoms with van der Waals surface area (Å²) in [6, 6.07) is 7.60. The van der Waals surface area contributed by atoms with Gasteiger partial charge in [-0.25, -0.2) is 0 Å². The van der Waals surface area contributed by atoms with E-state index in [1.165, 1.54) is 12.8 Å². The molecule has 4 N–H and O–H groups in total. The van der Waals surface area contributed by atoms with Crippen LogP contribution in [-0.4, -0.2) is 29.2 Å². The first-order valence-corrected chi connectivity index (χ1v) is 8.82. The van der Waals surface area contributed by atoms with Crippen molar-refractivity contribution in [3.05, 3.63) is 51.8 Å². The molecule has 1 aliphatic heterocycles. The van der Waals surface area contributed by atoms with E-state index in [1.54, 1.807) is 0 Å². The van der Waals surface area contributed by atoms with E-state index in [4.69, 9.17) is 17.3 Å². The van der Waals surface area contributed by atoms with Crippen molar-refractivity contribution in [2.24, 2.45) is 11.7 Å². The number of carbonyl (C=O) groups excluding carboxylic acids is 1. The minimum atomic E-state index is -0.416. The number of rotatable bonds is 6. The molecule has 1 saturated heterocycles. The Labute approximate surface area is 147 Å². The maximum atomic E-state index is 11.9. The number of nitrogens with two attached hydrogens (primary N) is 1. The molecule has 0 radical (unpaired) electrons. The molecule has 0 saturated carbocycles. The fraction of sp³-hybridized carbons (Fsp3) is 0.444. The largest absolute Gasteiger partial charge is 0.365 e. The van der Waals surface area contributed by atoms with Gasteiger partial charge in [0.15, 0.2) is 0 Å². The van der Waals surface area contributed by atoms with Gasteiger partial charge in [0, 0.05) is 11.4 Å². The van der Waals surface area contributed by atoms with Gasteiger partial charge >= 0.3 is 0 Å². The van der Waals surface area contributed by atoms with Crippen LogP contribution in [0, 0.1) is 5.92 Å². The zero-order valence-electron chi connectivity index (χ0n) is 13.6. The molecule has 24 heavy (non-hydrogen) atoms. The summed E-state index contributed by atoms with van der Waals surface area (Å²) in [5, 5.41) is 11.4. The number of carbonyl (C=O) groups is 1. The predicted octanol–water partition coefficient (Wildman–Crippen LogP) is 2.69. The van der Waals surface area contributed by atoms with Crippen molar-refractivity contribution in [2.75, 3.05) is 13.1 Å². The summed E-state index contributed by atoms with van der Waals surface area (Å²) in [4.78, 5) is 11.9. The second-order valence-corrected chi connectivity index (χ2v) is 6.86. The Morgan fingerprint density at radius 1 is 1.33 bits per heavy atom. The Kier molecular flexibility index (Phi) is 5.53. The molecule has 1 aromatic heterocycles. The lowest BCUT2D eigenvalue weighted by molar-refractivity contribution is 0.0998. The number of aryl methyl sites for hydroxylation is 1. The summed E-state index contributed by atoms with van der Waals surface area (Å²) < 4.78 is 0. The summed E-state index contributed by atoms with van der Waals surface area (Å²) >= 11 is 6.03. The van der Waals surface area contributed by atoms with Crippen LogP contribution in [0.3, 0.4) is 0 Å². The minimum absolute atomic E-state index is 0.416. The fourth-order valence-electron chi connectivity index (χ4n) is 3.38. The van der Waals surface area contributed by atoms with Gasteiger partial charge in [0.05, 0.1) is 17.0 Å². The summed E-state index contributed by atoms with van der Waals surface area (Å²) in [5.41, 5.74) is 8.75. The van der Waals surface area contributed by atoms with Crippen LogP contribution in [0.4, 0.5) is 0 Å². The van der Waals surface area contributed by atoms with Gasteiger partial charge in [-0.15, -0.1) is 0 Å². The van der Waals surface area contributed by atoms with Crippen LogP contribution < -0.4 is 11.1 Å². The molecule has 1 aliphatic rings. The Bertz CT molecular complexity index is 707. The van der Waals surface area contributed by atoms with Gasteiger partial charge in [-0.05, 0) is 62.4 Å². The van der Waals surface area contributed by atoms with Gasteiger partial charge in [0.25, 0.3) is 5.91 Å². The number of amides is 1. The van der Waals surface area contributed by atoms with Crippen molar-refractivity contribution >= 4 is 17.5 Å². The van der Waals surface area contributed by atoms with Crippen LogP contribution in [-0.2, 0) is 12.8 Å². The summed E-state index contributed by atoms with van der Waals surface area (Å²) in [5.74, 6) is 0.279. The number of nitrogens with zero attached hydrogens (tertiary/aromatic N) is 1. The second-order valence-electron chi connectivity index (χ2n) is 6.43. The number of primary amides is 1. The molecule has 3 rings (SSSR count). The zero-order chi connectivity index (χ0) is 16.9. The number of nitrogens with one attached hydrogen (secondary N) is 2. The van der Waals surface area contributed by atoms with Crippen LogP contribution in [0.5, 0.6) is 0 Å². The van der Waals surface area contributed by atoms with Gasteiger partial charge < -0.3 is 11.1 Å². The van der Waals surface area contributed by atoms with E-state index in [-0.39, 0.29) is 0 Å². The van der Waals surface area contributed by atoms with Crippen molar-refractivity contribution < 1.29 is 4.79 Å². The first-order chi connectivity index (χ1) is 11.6. The Hall–Kier alpha value is -1.85. The standard InChI is InChI=1S/C18H23ClN4O/c19-14-3-1-2-13(10-14)11-16-17(18(20)24)15(22-23-16)5-4-12-6-8-21-9-7-12/h1-3,10,12,21H,4-9,11H2,(H2,20,24)(H,22,23). The normalized spacial score (nSPS) is 15.5. The Morgan fingerprint density at radius 3 is 2.83 bits per heavy atom. The summed E-state index contributed by atoms with van der Waals surface area (Å²) in [7, 11) is 0. The average molecular weight is 347 g/mol. The number of aromatic nitrogens is 2. The van der Waals surface area contributed by atoms with Crippen molar-refractivity contribution in [1.82, 2.24) is 15.5 Å². The SMILES string of the molecule is NC(=O)c1c(CCC2CCNCC2)n[nH]c1Cc1cccc(Cl)c1. The lowest BCUT2D eigenvalue weighted by atomic mass is 9.91. The molecule has 1 aromatic carbocycles. The van der Waals surface area contributed by atoms with Gasteiger partial charge in [0.1, 0.15) is 0 Å². The van der Waals surface area contributed by atoms with Crippen LogP contribution in [0.15, 0.2) is 24.3 Å². The van der Waals surface area contributed by atoms with Crippen LogP contribution in [0.1, 0.15) is 46.6 Å². The van der Waals surface area contributed by atoms with E-state index in [0.717, 1.165) is 42.9 Å². The molecule has 2 aromatic rings. The highest BCUT2D eigenvalue weighted by molar-refractivity contribution is 6.30. The van der Waals surface area contributed by atoms with Crippen molar-refractivity contribution in [3.8, 4) is 0 Å². The number of hydrogen-bond donors (Lipinski definition) is 3. The highest BCUT2D eigenvalue weighted by atomic mass is 35.5. The Morgan fingerprint density at radius 2 is 2.12 bits per heavy atom. The third-order valence-electron chi connectivity index (χ3n) is 4.68. The van der Waals surface area contributed by atoms with Crippen molar-refractivity contribution in [3.63, 3.8) is 0 Å². The van der Waals surface area contributed by atoms with Crippen LogP contribution in [0.25, 0.3) is 0 Å². The number of halogens is 1. The molecular formula is C18H23ClN4O. The molecule has 0 unspecified atom stereocenters. The van der Waals surface area contributed by atoms with Gasteiger partial charge in [0.2, 0.25) is 0 Å². The third-order valence-corrected chi connectivity index (χ3v) is 4.92. The molecule has 0 bridgehead atoms. The average Bonchev–Trinajstić information content (AvgIpc) is 2.97. The number of aromatic amines is 1. The summed E-state index contributed by atoms with van der Waals surface area (Å²) in [6.45, 7) is 2.15. The number of benzene rings is 1. The van der Waals surface area contributed by atoms with E-state index >= 15 is 0 Å². The molecular weight excluding hydrogens is 324 g/mol. The predicted molar refractivity (Wildman–Crippen MR) is 95.3 cm³/mol. The second kappa shape index (κ2) is 7.81. The minimum Gasteiger partial charge on any atom is -0.365 e. The lowest BCUT2D eigenvalue weighted by Gasteiger charge is -2.22. The smallest absolute Gasteiger partial charge is 0.252 e. The fourth-order valence-corrected chi connectivity index (χ4v) is 3.60. The molecule has 0 atom stereocenters. The van der Waals surface area contributed by atoms with E-state index in [9.17, 15) is 4.79 Å². The van der Waals surface area contributed by atoms with E-state index in [2.05, 4.69) is 15.5 Å². The van der Waals surface area contributed by atoms with Gasteiger partial charge in [-0.3, -0.25) is 9.89 Å². The molecule has 6 heteroatoms. The highest BCUT2D eigenvalue weighted by Crippen LogP contribution is 2.22. The van der Waals surface area contributed by atoms with Crippen LogP contribution in [0.2, 0.25) is 5.02 Å². The molecule has 1 amide bonds. The number of hydrogen-bond acceptors (Lipinski definition) is 3. The van der Waals surface area contributed by atoms with E-state index in [1.807, 2.05) is 24.3 Å². The van der Waals surface area contributed by atoms with E-state index < -0.39 is 5.91 Å². The van der Waals surface area contributed by atoms with E-state index in [0.29, 0.717) is 22.9 Å². The van der Waals surface area contributed by atoms with Gasteiger partial charge in [-0.2, -0.15) is 5.10 Å². The first-order valence-electron chi connectivity index (χ1n) is 8.44. The van der Waals surface area contributed by atoms with Gasteiger partial charge in [-0.1, -0.05) is 23.7 Å². The monoisotopic (exact) mass is 346 g/mol. The molecule has 0 aliphatic carbocycles. The Balaban J connectivity index is 1.73. The van der Waals surface area contributed by atoms with Crippen molar-refractivity contribution in [1.29, 1.82) is 0 Å². The maximum absolute atomic E-state index is 11.9. The topological polar surface area (TPSA) is 83.8 Å².